The van der Waals surface area contributed by atoms with E-state index < -0.39 is 0 Å². The van der Waals surface area contributed by atoms with Gasteiger partial charge in [-0.2, -0.15) is 0 Å². The largest absolute Gasteiger partial charge is 0.271 e. The molecule has 0 spiro atoms. The second-order valence-electron chi connectivity index (χ2n) is 4.41. The monoisotopic (exact) mass is 262 g/mol. The van der Waals surface area contributed by atoms with E-state index in [9.17, 15) is 0 Å². The van der Waals surface area contributed by atoms with Crippen molar-refractivity contribution in [2.45, 2.75) is 33.2 Å². The highest BCUT2D eigenvalue weighted by Gasteiger charge is 2.14. The number of nitrogens with two attached hydrogens (primary N) is 1. The van der Waals surface area contributed by atoms with Gasteiger partial charge in [-0.25, -0.2) is 4.98 Å². The average molecular weight is 262 g/mol. The summed E-state index contributed by atoms with van der Waals surface area (Å²) in [5, 5.41) is 1.11. The van der Waals surface area contributed by atoms with E-state index in [1.165, 1.54) is 4.88 Å². The number of hydrogen-bond acceptors (Lipinski definition) is 5. The molecule has 0 aliphatic rings. The molecule has 0 saturated carbocycles. The summed E-state index contributed by atoms with van der Waals surface area (Å²) in [7, 11) is 0. The highest BCUT2D eigenvalue weighted by molar-refractivity contribution is 7.11. The van der Waals surface area contributed by atoms with Crippen LogP contribution in [0.4, 0.5) is 0 Å². The van der Waals surface area contributed by atoms with Gasteiger partial charge >= 0.3 is 0 Å². The fourth-order valence-corrected chi connectivity index (χ4v) is 2.74. The first-order valence-corrected chi connectivity index (χ1v) is 6.73. The first-order chi connectivity index (χ1) is 8.60. The van der Waals surface area contributed by atoms with E-state index in [0.717, 1.165) is 28.4 Å². The Labute approximate surface area is 111 Å². The first-order valence-electron chi connectivity index (χ1n) is 5.91. The molecule has 96 valence electrons. The summed E-state index contributed by atoms with van der Waals surface area (Å²) in [6, 6.07) is 4.11. The molecule has 1 atom stereocenters. The van der Waals surface area contributed by atoms with Gasteiger partial charge in [-0.1, -0.05) is 6.07 Å². The predicted octanol–water partition coefficient (Wildman–Crippen LogP) is 2.21. The van der Waals surface area contributed by atoms with Crippen LogP contribution in [0.3, 0.4) is 0 Å². The van der Waals surface area contributed by atoms with Crippen molar-refractivity contribution in [2.24, 2.45) is 5.84 Å². The Kier molecular flexibility index (Phi) is 4.06. The minimum absolute atomic E-state index is 0.0584. The average Bonchev–Trinajstić information content (AvgIpc) is 2.67. The second kappa shape index (κ2) is 5.56. The van der Waals surface area contributed by atoms with E-state index >= 15 is 0 Å². The van der Waals surface area contributed by atoms with E-state index in [4.69, 9.17) is 5.84 Å². The highest BCUT2D eigenvalue weighted by atomic mass is 32.1. The summed E-state index contributed by atoms with van der Waals surface area (Å²) in [4.78, 5) is 10.1. The van der Waals surface area contributed by atoms with E-state index in [-0.39, 0.29) is 6.04 Å². The van der Waals surface area contributed by atoms with Crippen molar-refractivity contribution in [1.29, 1.82) is 0 Å². The third-order valence-corrected chi connectivity index (χ3v) is 4.08. The number of pyridine rings is 1. The lowest BCUT2D eigenvalue weighted by atomic mass is 10.1. The van der Waals surface area contributed by atoms with Crippen LogP contribution in [-0.2, 0) is 6.42 Å². The maximum Gasteiger partial charge on any atom is 0.0950 e. The van der Waals surface area contributed by atoms with E-state index in [0.29, 0.717) is 0 Å². The van der Waals surface area contributed by atoms with E-state index in [2.05, 4.69) is 28.4 Å². The fourth-order valence-electron chi connectivity index (χ4n) is 1.76. The number of thiazole rings is 1. The number of hydrazine groups is 1. The molecule has 4 nitrogen and oxygen atoms in total. The fraction of sp³-hybridized carbons (Fsp3) is 0.385. The topological polar surface area (TPSA) is 63.8 Å². The summed E-state index contributed by atoms with van der Waals surface area (Å²) in [6.45, 7) is 6.10. The van der Waals surface area contributed by atoms with Gasteiger partial charge in [0, 0.05) is 23.2 Å². The zero-order valence-electron chi connectivity index (χ0n) is 10.9. The Morgan fingerprint density at radius 2 is 2.11 bits per heavy atom. The summed E-state index contributed by atoms with van der Waals surface area (Å²) in [5.74, 6) is 5.63. The zero-order chi connectivity index (χ0) is 13.1. The van der Waals surface area contributed by atoms with Gasteiger partial charge in [0.15, 0.2) is 0 Å². The van der Waals surface area contributed by atoms with Gasteiger partial charge in [0.25, 0.3) is 0 Å². The summed E-state index contributed by atoms with van der Waals surface area (Å²) < 4.78 is 0. The smallest absolute Gasteiger partial charge is 0.0950 e. The third-order valence-electron chi connectivity index (χ3n) is 2.99. The van der Waals surface area contributed by atoms with Gasteiger partial charge in [0.2, 0.25) is 0 Å². The molecule has 0 radical (unpaired) electrons. The van der Waals surface area contributed by atoms with E-state index in [1.807, 2.05) is 26.1 Å². The number of nitrogens with zero attached hydrogens (tertiary/aromatic N) is 2. The van der Waals surface area contributed by atoms with Crippen molar-refractivity contribution in [1.82, 2.24) is 15.4 Å². The van der Waals surface area contributed by atoms with Gasteiger partial charge in [-0.05, 0) is 32.4 Å². The van der Waals surface area contributed by atoms with Crippen LogP contribution in [0.1, 0.15) is 32.9 Å². The quantitative estimate of drug-likeness (QED) is 0.655. The molecule has 0 aliphatic heterocycles. The van der Waals surface area contributed by atoms with Crippen molar-refractivity contribution in [3.05, 3.63) is 45.2 Å². The molecular formula is C13H18N4S. The lowest BCUT2D eigenvalue weighted by Crippen LogP contribution is -2.29. The number of hydrogen-bond donors (Lipinski definition) is 2. The summed E-state index contributed by atoms with van der Waals surface area (Å²) in [5.41, 5.74) is 6.05. The Hall–Kier alpha value is -1.30. The molecule has 0 bridgehead atoms. The molecular weight excluding hydrogens is 244 g/mol. The first kappa shape index (κ1) is 13.1. The van der Waals surface area contributed by atoms with Gasteiger partial charge < -0.3 is 0 Å². The van der Waals surface area contributed by atoms with Gasteiger partial charge in [0.05, 0.1) is 16.7 Å². The number of aryl methyl sites for hydroxylation is 3. The Morgan fingerprint density at radius 3 is 2.61 bits per heavy atom. The van der Waals surface area contributed by atoms with Gasteiger partial charge in [0.1, 0.15) is 0 Å². The molecule has 0 aromatic carbocycles. The van der Waals surface area contributed by atoms with Crippen molar-refractivity contribution < 1.29 is 0 Å². The molecule has 0 amide bonds. The third kappa shape index (κ3) is 2.93. The van der Waals surface area contributed by atoms with Crippen molar-refractivity contribution in [3.63, 3.8) is 0 Å². The normalized spacial score (nSPS) is 12.7. The zero-order valence-corrected chi connectivity index (χ0v) is 11.7. The lowest BCUT2D eigenvalue weighted by molar-refractivity contribution is 0.548. The molecule has 0 fully saturated rings. The van der Waals surface area contributed by atoms with Crippen LogP contribution >= 0.6 is 11.3 Å². The highest BCUT2D eigenvalue weighted by Crippen LogP contribution is 2.22. The minimum Gasteiger partial charge on any atom is -0.271 e. The molecule has 2 aromatic rings. The van der Waals surface area contributed by atoms with Crippen LogP contribution in [0.15, 0.2) is 18.3 Å². The molecule has 2 aromatic heterocycles. The maximum atomic E-state index is 5.63. The summed E-state index contributed by atoms with van der Waals surface area (Å²) in [6.07, 6.45) is 2.66. The molecule has 0 aliphatic carbocycles. The molecule has 2 rings (SSSR count). The lowest BCUT2D eigenvalue weighted by Gasteiger charge is -2.14. The molecule has 18 heavy (non-hydrogen) atoms. The molecule has 5 heteroatoms. The van der Waals surface area contributed by atoms with Crippen LogP contribution in [0, 0.1) is 20.8 Å². The van der Waals surface area contributed by atoms with Gasteiger partial charge in [-0.3, -0.25) is 16.3 Å². The van der Waals surface area contributed by atoms with Crippen LogP contribution in [0.25, 0.3) is 0 Å². The Balaban J connectivity index is 2.16. The minimum atomic E-state index is 0.0584. The van der Waals surface area contributed by atoms with Crippen LogP contribution < -0.4 is 11.3 Å². The standard InChI is InChI=1S/C13H18N4S/c1-8-4-5-11(7-15-8)12(17-14)6-13-16-9(2)10(3)18-13/h4-5,7,12,17H,6,14H2,1-3H3. The van der Waals surface area contributed by atoms with Crippen LogP contribution in [0.5, 0.6) is 0 Å². The van der Waals surface area contributed by atoms with Crippen molar-refractivity contribution >= 4 is 11.3 Å². The van der Waals surface area contributed by atoms with Crippen LogP contribution in [-0.4, -0.2) is 9.97 Å². The molecule has 0 saturated heterocycles. The Morgan fingerprint density at radius 1 is 1.33 bits per heavy atom. The molecule has 3 N–H and O–H groups in total. The maximum absolute atomic E-state index is 5.63. The van der Waals surface area contributed by atoms with Gasteiger partial charge in [-0.15, -0.1) is 11.3 Å². The number of nitrogens with one attached hydrogen (secondary N) is 1. The van der Waals surface area contributed by atoms with Crippen molar-refractivity contribution in [3.8, 4) is 0 Å². The summed E-state index contributed by atoms with van der Waals surface area (Å²) >= 11 is 1.73. The van der Waals surface area contributed by atoms with Crippen LogP contribution in [0.2, 0.25) is 0 Å². The predicted molar refractivity (Wildman–Crippen MR) is 74.3 cm³/mol. The van der Waals surface area contributed by atoms with E-state index in [1.54, 1.807) is 11.3 Å². The number of aromatic nitrogens is 2. The number of rotatable bonds is 4. The SMILES string of the molecule is Cc1ccc(C(Cc2nc(C)c(C)s2)NN)cn1. The Bertz CT molecular complexity index is 499. The van der Waals surface area contributed by atoms with Crippen molar-refractivity contribution in [2.75, 3.05) is 0 Å². The molecule has 2 heterocycles. The molecule has 1 unspecified atom stereocenters. The second-order valence-corrected chi connectivity index (χ2v) is 5.69.